The SMILES string of the molecule is COC(=O)N1CCN(Cc2ccn(Cc3c(C)cccc3C)c(=O)c2O)CC1. The van der Waals surface area contributed by atoms with Gasteiger partial charge in [0.05, 0.1) is 13.7 Å². The summed E-state index contributed by atoms with van der Waals surface area (Å²) in [6.45, 7) is 7.42. The van der Waals surface area contributed by atoms with Crippen LogP contribution in [0.15, 0.2) is 35.3 Å². The molecule has 1 saturated heterocycles. The molecule has 7 nitrogen and oxygen atoms in total. The minimum atomic E-state index is -0.381. The second-order valence-electron chi connectivity index (χ2n) is 7.23. The van der Waals surface area contributed by atoms with Crippen LogP contribution in [0.25, 0.3) is 0 Å². The highest BCUT2D eigenvalue weighted by Gasteiger charge is 2.22. The fourth-order valence-corrected chi connectivity index (χ4v) is 3.58. The first kappa shape index (κ1) is 19.9. The Labute approximate surface area is 164 Å². The molecular formula is C21H27N3O4. The van der Waals surface area contributed by atoms with Crippen molar-refractivity contribution >= 4 is 6.09 Å². The Morgan fingerprint density at radius 1 is 1.07 bits per heavy atom. The van der Waals surface area contributed by atoms with Crippen LogP contribution in [0.4, 0.5) is 4.79 Å². The van der Waals surface area contributed by atoms with Crippen LogP contribution in [0.5, 0.6) is 5.75 Å². The number of hydrogen-bond acceptors (Lipinski definition) is 5. The highest BCUT2D eigenvalue weighted by atomic mass is 16.5. The van der Waals surface area contributed by atoms with Crippen molar-refractivity contribution in [3.63, 3.8) is 0 Å². The quantitative estimate of drug-likeness (QED) is 0.872. The van der Waals surface area contributed by atoms with Crippen molar-refractivity contribution in [3.05, 3.63) is 63.1 Å². The maximum atomic E-state index is 12.7. The fourth-order valence-electron chi connectivity index (χ4n) is 3.58. The maximum absolute atomic E-state index is 12.7. The molecule has 1 fully saturated rings. The number of carbonyl (C=O) groups excluding carboxylic acids is 1. The van der Waals surface area contributed by atoms with Gasteiger partial charge in [-0.3, -0.25) is 9.69 Å². The van der Waals surface area contributed by atoms with Crippen LogP contribution in [0.1, 0.15) is 22.3 Å². The molecule has 0 spiro atoms. The van der Waals surface area contributed by atoms with E-state index in [2.05, 4.69) is 4.90 Å². The van der Waals surface area contributed by atoms with E-state index in [1.807, 2.05) is 32.0 Å². The summed E-state index contributed by atoms with van der Waals surface area (Å²) in [6, 6.07) is 7.85. The number of ether oxygens (including phenoxy) is 1. The lowest BCUT2D eigenvalue weighted by atomic mass is 10.0. The monoisotopic (exact) mass is 385 g/mol. The van der Waals surface area contributed by atoms with E-state index in [-0.39, 0.29) is 17.4 Å². The first-order valence-corrected chi connectivity index (χ1v) is 9.42. The summed E-state index contributed by atoms with van der Waals surface area (Å²) in [6.07, 6.45) is 1.42. The Kier molecular flexibility index (Phi) is 6.04. The number of pyridine rings is 1. The number of aryl methyl sites for hydroxylation is 2. The van der Waals surface area contributed by atoms with E-state index < -0.39 is 0 Å². The van der Waals surface area contributed by atoms with Crippen LogP contribution in [0, 0.1) is 13.8 Å². The van der Waals surface area contributed by atoms with Gasteiger partial charge >= 0.3 is 6.09 Å². The zero-order valence-electron chi connectivity index (χ0n) is 16.6. The van der Waals surface area contributed by atoms with Gasteiger partial charge in [0.25, 0.3) is 5.56 Å². The minimum Gasteiger partial charge on any atom is -0.503 e. The van der Waals surface area contributed by atoms with E-state index >= 15 is 0 Å². The normalized spacial score (nSPS) is 14.9. The standard InChI is InChI=1S/C21H27N3O4/c1-15-5-4-6-16(2)18(15)14-24-8-7-17(19(25)20(24)26)13-22-9-11-23(12-10-22)21(27)28-3/h4-8,25H,9-14H2,1-3H3. The highest BCUT2D eigenvalue weighted by Crippen LogP contribution is 2.18. The van der Waals surface area contributed by atoms with Gasteiger partial charge in [-0.15, -0.1) is 0 Å². The molecule has 0 unspecified atom stereocenters. The second-order valence-corrected chi connectivity index (χ2v) is 7.23. The maximum Gasteiger partial charge on any atom is 0.409 e. The summed E-state index contributed by atoms with van der Waals surface area (Å²) in [4.78, 5) is 28.0. The molecule has 1 amide bonds. The summed E-state index contributed by atoms with van der Waals surface area (Å²) in [7, 11) is 1.38. The number of aromatic hydroxyl groups is 1. The number of hydrogen-bond donors (Lipinski definition) is 1. The number of methoxy groups -OCH3 is 1. The zero-order valence-corrected chi connectivity index (χ0v) is 16.6. The molecule has 1 aromatic heterocycles. The molecule has 0 atom stereocenters. The molecule has 1 aliphatic heterocycles. The predicted molar refractivity (Wildman–Crippen MR) is 107 cm³/mol. The van der Waals surface area contributed by atoms with Crippen molar-refractivity contribution in [1.82, 2.24) is 14.4 Å². The molecule has 7 heteroatoms. The van der Waals surface area contributed by atoms with E-state index in [0.717, 1.165) is 16.7 Å². The highest BCUT2D eigenvalue weighted by molar-refractivity contribution is 5.67. The first-order valence-electron chi connectivity index (χ1n) is 9.42. The van der Waals surface area contributed by atoms with Gasteiger partial charge in [-0.1, -0.05) is 18.2 Å². The lowest BCUT2D eigenvalue weighted by molar-refractivity contribution is 0.0885. The number of amides is 1. The Hall–Kier alpha value is -2.80. The average molecular weight is 385 g/mol. The van der Waals surface area contributed by atoms with Crippen molar-refractivity contribution in [2.45, 2.75) is 26.9 Å². The van der Waals surface area contributed by atoms with Crippen LogP contribution >= 0.6 is 0 Å². The second kappa shape index (κ2) is 8.48. The third-order valence-corrected chi connectivity index (χ3v) is 5.40. The Morgan fingerprint density at radius 3 is 2.32 bits per heavy atom. The Balaban J connectivity index is 1.71. The summed E-state index contributed by atoms with van der Waals surface area (Å²) >= 11 is 0. The first-order chi connectivity index (χ1) is 13.4. The molecule has 1 N–H and O–H groups in total. The Bertz CT molecular complexity index is 894. The number of piperazine rings is 1. The van der Waals surface area contributed by atoms with Gasteiger partial charge in [-0.05, 0) is 36.6 Å². The van der Waals surface area contributed by atoms with Gasteiger partial charge in [0.15, 0.2) is 5.75 Å². The van der Waals surface area contributed by atoms with Crippen LogP contribution < -0.4 is 5.56 Å². The molecule has 0 saturated carbocycles. The van der Waals surface area contributed by atoms with Crippen molar-refractivity contribution < 1.29 is 14.6 Å². The van der Waals surface area contributed by atoms with Crippen LogP contribution in [-0.4, -0.2) is 58.9 Å². The van der Waals surface area contributed by atoms with E-state index in [1.165, 1.54) is 7.11 Å². The Morgan fingerprint density at radius 2 is 1.71 bits per heavy atom. The number of benzene rings is 1. The van der Waals surface area contributed by atoms with Crippen molar-refractivity contribution in [1.29, 1.82) is 0 Å². The number of carbonyl (C=O) groups is 1. The van der Waals surface area contributed by atoms with Gasteiger partial charge in [0.2, 0.25) is 0 Å². The number of rotatable bonds is 4. The molecule has 0 bridgehead atoms. The van der Waals surface area contributed by atoms with Crippen molar-refractivity contribution in [2.75, 3.05) is 33.3 Å². The van der Waals surface area contributed by atoms with E-state index in [1.54, 1.807) is 21.7 Å². The molecule has 0 aliphatic carbocycles. The summed E-state index contributed by atoms with van der Waals surface area (Å²) in [5, 5.41) is 10.5. The third kappa shape index (κ3) is 4.20. The van der Waals surface area contributed by atoms with Crippen LogP contribution in [0.3, 0.4) is 0 Å². The van der Waals surface area contributed by atoms with Crippen LogP contribution in [0.2, 0.25) is 0 Å². The lowest BCUT2D eigenvalue weighted by Crippen LogP contribution is -2.48. The molecule has 1 aliphatic rings. The van der Waals surface area contributed by atoms with Crippen molar-refractivity contribution in [3.8, 4) is 5.75 Å². The van der Waals surface area contributed by atoms with E-state index in [4.69, 9.17) is 4.74 Å². The summed E-state index contributed by atoms with van der Waals surface area (Å²) in [5.74, 6) is -0.205. The molecule has 2 aromatic rings. The number of aromatic nitrogens is 1. The van der Waals surface area contributed by atoms with Crippen molar-refractivity contribution in [2.24, 2.45) is 0 Å². The summed E-state index contributed by atoms with van der Waals surface area (Å²) in [5.41, 5.74) is 3.57. The minimum absolute atomic E-state index is 0.205. The van der Waals surface area contributed by atoms with Gasteiger partial charge in [-0.2, -0.15) is 0 Å². The smallest absolute Gasteiger partial charge is 0.409 e. The topological polar surface area (TPSA) is 75.0 Å². The third-order valence-electron chi connectivity index (χ3n) is 5.40. The zero-order chi connectivity index (χ0) is 20.3. The lowest BCUT2D eigenvalue weighted by Gasteiger charge is -2.33. The van der Waals surface area contributed by atoms with Crippen LogP contribution in [-0.2, 0) is 17.8 Å². The fraction of sp³-hybridized carbons (Fsp3) is 0.429. The van der Waals surface area contributed by atoms with E-state index in [9.17, 15) is 14.7 Å². The molecule has 1 aromatic carbocycles. The predicted octanol–water partition coefficient (Wildman–Crippen LogP) is 2.10. The van der Waals surface area contributed by atoms with Gasteiger partial charge in [0, 0.05) is 44.5 Å². The molecular weight excluding hydrogens is 358 g/mol. The molecule has 0 radical (unpaired) electrons. The van der Waals surface area contributed by atoms with Gasteiger partial charge < -0.3 is 19.3 Å². The number of nitrogens with zero attached hydrogens (tertiary/aromatic N) is 3. The molecule has 28 heavy (non-hydrogen) atoms. The average Bonchev–Trinajstić information content (AvgIpc) is 2.70. The summed E-state index contributed by atoms with van der Waals surface area (Å²) < 4.78 is 6.29. The van der Waals surface area contributed by atoms with Gasteiger partial charge in [0.1, 0.15) is 0 Å². The molecule has 2 heterocycles. The van der Waals surface area contributed by atoms with E-state index in [0.29, 0.717) is 44.8 Å². The largest absolute Gasteiger partial charge is 0.503 e. The molecule has 150 valence electrons. The van der Waals surface area contributed by atoms with Gasteiger partial charge in [-0.25, -0.2) is 4.79 Å². The molecule has 3 rings (SSSR count).